The molecule has 0 amide bonds. The Morgan fingerprint density at radius 2 is 1.95 bits per heavy atom. The van der Waals surface area contributed by atoms with E-state index in [0.717, 1.165) is 6.61 Å². The minimum atomic E-state index is 0.441. The van der Waals surface area contributed by atoms with Crippen molar-refractivity contribution in [1.82, 2.24) is 10.2 Å². The molecule has 2 aliphatic rings. The van der Waals surface area contributed by atoms with Gasteiger partial charge in [0.2, 0.25) is 0 Å². The van der Waals surface area contributed by atoms with Gasteiger partial charge >= 0.3 is 0 Å². The van der Waals surface area contributed by atoms with Crippen molar-refractivity contribution < 1.29 is 4.74 Å². The van der Waals surface area contributed by atoms with Crippen molar-refractivity contribution in [3.05, 3.63) is 35.9 Å². The lowest BCUT2D eigenvalue weighted by molar-refractivity contribution is 0.0742. The molecular weight excluding hydrogens is 272 g/mol. The molecular formula is C19H30N2O. The van der Waals surface area contributed by atoms with Gasteiger partial charge in [-0.15, -0.1) is 0 Å². The van der Waals surface area contributed by atoms with Crippen LogP contribution in [0, 0.1) is 0 Å². The molecule has 0 radical (unpaired) electrons. The van der Waals surface area contributed by atoms with E-state index < -0.39 is 0 Å². The van der Waals surface area contributed by atoms with Crippen molar-refractivity contribution in [3.8, 4) is 0 Å². The summed E-state index contributed by atoms with van der Waals surface area (Å²) in [4.78, 5) is 2.61. The zero-order chi connectivity index (χ0) is 15.2. The molecule has 22 heavy (non-hydrogen) atoms. The topological polar surface area (TPSA) is 24.5 Å². The molecule has 0 aromatic heterocycles. The molecule has 2 aliphatic heterocycles. The number of nitrogens with one attached hydrogen (secondary N) is 1. The first-order valence-electron chi connectivity index (χ1n) is 8.95. The van der Waals surface area contributed by atoms with Crippen LogP contribution in [-0.2, 0) is 11.2 Å². The van der Waals surface area contributed by atoms with Gasteiger partial charge in [-0.25, -0.2) is 0 Å². The standard InChI is InChI=1S/C19H30N2O/c1-16(19-8-5-15-22-19)20-18-10-13-21(14-11-18)12-9-17-6-3-2-4-7-17/h2-4,6-7,16,18-20H,5,8-15H2,1H3/t16-,19-/m1/s1. The number of nitrogens with zero attached hydrogens (tertiary/aromatic N) is 1. The summed E-state index contributed by atoms with van der Waals surface area (Å²) in [6, 6.07) is 12.0. The molecule has 2 atom stereocenters. The highest BCUT2D eigenvalue weighted by Gasteiger charge is 2.26. The molecule has 122 valence electrons. The van der Waals surface area contributed by atoms with Crippen LogP contribution in [0.1, 0.15) is 38.2 Å². The highest BCUT2D eigenvalue weighted by molar-refractivity contribution is 5.14. The zero-order valence-electron chi connectivity index (χ0n) is 13.8. The van der Waals surface area contributed by atoms with Gasteiger partial charge in [0, 0.05) is 25.2 Å². The minimum absolute atomic E-state index is 0.441. The molecule has 0 spiro atoms. The molecule has 2 saturated heterocycles. The predicted octanol–water partition coefficient (Wildman–Crippen LogP) is 2.85. The molecule has 3 rings (SSSR count). The first-order valence-corrected chi connectivity index (χ1v) is 8.95. The Kier molecular flexibility index (Phi) is 5.88. The molecule has 3 nitrogen and oxygen atoms in total. The molecule has 3 heteroatoms. The van der Waals surface area contributed by atoms with Crippen molar-refractivity contribution in [1.29, 1.82) is 0 Å². The van der Waals surface area contributed by atoms with Crippen molar-refractivity contribution in [2.24, 2.45) is 0 Å². The van der Waals surface area contributed by atoms with Crippen LogP contribution in [0.3, 0.4) is 0 Å². The van der Waals surface area contributed by atoms with Crippen LogP contribution in [0.4, 0.5) is 0 Å². The van der Waals surface area contributed by atoms with E-state index in [-0.39, 0.29) is 0 Å². The molecule has 2 heterocycles. The van der Waals surface area contributed by atoms with Crippen LogP contribution in [0.25, 0.3) is 0 Å². The molecule has 1 aromatic carbocycles. The fraction of sp³-hybridized carbons (Fsp3) is 0.684. The third-order valence-corrected chi connectivity index (χ3v) is 5.17. The minimum Gasteiger partial charge on any atom is -0.377 e. The number of hydrogen-bond donors (Lipinski definition) is 1. The van der Waals surface area contributed by atoms with Gasteiger partial charge in [0.1, 0.15) is 0 Å². The normalized spacial score (nSPS) is 25.4. The summed E-state index contributed by atoms with van der Waals surface area (Å²) < 4.78 is 5.79. The van der Waals surface area contributed by atoms with E-state index in [1.54, 1.807) is 0 Å². The number of piperidine rings is 1. The SMILES string of the molecule is C[C@@H](NC1CCN(CCc2ccccc2)CC1)[C@H]1CCCO1. The average Bonchev–Trinajstić information content (AvgIpc) is 3.10. The van der Waals surface area contributed by atoms with Crippen molar-refractivity contribution in [2.45, 2.75) is 57.2 Å². The van der Waals surface area contributed by atoms with Crippen molar-refractivity contribution in [2.75, 3.05) is 26.2 Å². The Labute approximate surface area is 135 Å². The summed E-state index contributed by atoms with van der Waals surface area (Å²) in [6.07, 6.45) is 6.61. The largest absolute Gasteiger partial charge is 0.377 e. The van der Waals surface area contributed by atoms with Crippen molar-refractivity contribution >= 4 is 0 Å². The van der Waals surface area contributed by atoms with Gasteiger partial charge in [-0.1, -0.05) is 30.3 Å². The Bertz CT molecular complexity index is 422. The second-order valence-corrected chi connectivity index (χ2v) is 6.86. The third kappa shape index (κ3) is 4.55. The summed E-state index contributed by atoms with van der Waals surface area (Å²) in [7, 11) is 0. The first-order chi connectivity index (χ1) is 10.8. The summed E-state index contributed by atoms with van der Waals surface area (Å²) in [5, 5.41) is 3.80. The summed E-state index contributed by atoms with van der Waals surface area (Å²) in [5.74, 6) is 0. The second-order valence-electron chi connectivity index (χ2n) is 6.86. The smallest absolute Gasteiger partial charge is 0.0726 e. The summed E-state index contributed by atoms with van der Waals surface area (Å²) in [5.41, 5.74) is 1.45. The van der Waals surface area contributed by atoms with E-state index in [0.29, 0.717) is 18.2 Å². The van der Waals surface area contributed by atoms with E-state index in [1.807, 2.05) is 0 Å². The van der Waals surface area contributed by atoms with Crippen LogP contribution in [0.2, 0.25) is 0 Å². The number of ether oxygens (including phenoxy) is 1. The van der Waals surface area contributed by atoms with Crippen LogP contribution < -0.4 is 5.32 Å². The van der Waals surface area contributed by atoms with Crippen LogP contribution in [-0.4, -0.2) is 49.3 Å². The van der Waals surface area contributed by atoms with Gasteiger partial charge in [-0.2, -0.15) is 0 Å². The van der Waals surface area contributed by atoms with Gasteiger partial charge in [0.05, 0.1) is 6.10 Å². The summed E-state index contributed by atoms with van der Waals surface area (Å²) in [6.45, 7) is 6.88. The maximum atomic E-state index is 5.79. The van der Waals surface area contributed by atoms with Gasteiger partial charge in [-0.3, -0.25) is 0 Å². The van der Waals surface area contributed by atoms with Gasteiger partial charge in [0.25, 0.3) is 0 Å². The maximum absolute atomic E-state index is 5.79. The lowest BCUT2D eigenvalue weighted by atomic mass is 10.0. The Morgan fingerprint density at radius 3 is 2.64 bits per heavy atom. The van der Waals surface area contributed by atoms with Crippen LogP contribution in [0.15, 0.2) is 30.3 Å². The molecule has 0 aliphatic carbocycles. The Hall–Kier alpha value is -0.900. The first kappa shape index (κ1) is 16.0. The lowest BCUT2D eigenvalue weighted by Gasteiger charge is -2.35. The van der Waals surface area contributed by atoms with E-state index in [9.17, 15) is 0 Å². The monoisotopic (exact) mass is 302 g/mol. The molecule has 0 unspecified atom stereocenters. The van der Waals surface area contributed by atoms with E-state index in [4.69, 9.17) is 4.74 Å². The average molecular weight is 302 g/mol. The zero-order valence-corrected chi connectivity index (χ0v) is 13.8. The quantitative estimate of drug-likeness (QED) is 0.874. The highest BCUT2D eigenvalue weighted by Crippen LogP contribution is 2.18. The maximum Gasteiger partial charge on any atom is 0.0726 e. The molecule has 0 saturated carbocycles. The van der Waals surface area contributed by atoms with Crippen LogP contribution >= 0.6 is 0 Å². The Balaban J connectivity index is 1.35. The number of likely N-dealkylation sites (tertiary alicyclic amines) is 1. The van der Waals surface area contributed by atoms with Crippen molar-refractivity contribution in [3.63, 3.8) is 0 Å². The predicted molar refractivity (Wildman–Crippen MR) is 91.2 cm³/mol. The fourth-order valence-electron chi connectivity index (χ4n) is 3.73. The van der Waals surface area contributed by atoms with Gasteiger partial charge in [0.15, 0.2) is 0 Å². The lowest BCUT2D eigenvalue weighted by Crippen LogP contribution is -2.48. The number of rotatable bonds is 6. The van der Waals surface area contributed by atoms with E-state index in [2.05, 4.69) is 47.5 Å². The van der Waals surface area contributed by atoms with E-state index >= 15 is 0 Å². The molecule has 1 N–H and O–H groups in total. The third-order valence-electron chi connectivity index (χ3n) is 5.17. The second kappa shape index (κ2) is 8.09. The molecule has 2 fully saturated rings. The number of hydrogen-bond acceptors (Lipinski definition) is 3. The van der Waals surface area contributed by atoms with Gasteiger partial charge in [-0.05, 0) is 57.7 Å². The highest BCUT2D eigenvalue weighted by atomic mass is 16.5. The Morgan fingerprint density at radius 1 is 1.18 bits per heavy atom. The number of benzene rings is 1. The molecule has 1 aromatic rings. The van der Waals surface area contributed by atoms with E-state index in [1.165, 1.54) is 57.3 Å². The van der Waals surface area contributed by atoms with Gasteiger partial charge < -0.3 is 15.0 Å². The molecule has 0 bridgehead atoms. The summed E-state index contributed by atoms with van der Waals surface area (Å²) >= 11 is 0. The fourth-order valence-corrected chi connectivity index (χ4v) is 3.73. The van der Waals surface area contributed by atoms with Crippen LogP contribution in [0.5, 0.6) is 0 Å².